The van der Waals surface area contributed by atoms with Gasteiger partial charge in [-0.15, -0.1) is 11.3 Å². The molecule has 2 aromatic carbocycles. The minimum Gasteiger partial charge on any atom is -0.481 e. The van der Waals surface area contributed by atoms with Gasteiger partial charge in [-0.1, -0.05) is 30.3 Å². The van der Waals surface area contributed by atoms with Crippen molar-refractivity contribution < 1.29 is 9.90 Å². The summed E-state index contributed by atoms with van der Waals surface area (Å²) in [5.41, 5.74) is -0.0384. The molecule has 19 heavy (non-hydrogen) atoms. The maximum atomic E-state index is 12.4. The number of thiophene rings is 1. The number of carboxylic acid groups (broad SMARTS) is 1. The predicted octanol–water partition coefficient (Wildman–Crippen LogP) is 3.04. The molecule has 0 spiro atoms. The molecule has 0 aliphatic heterocycles. The van der Waals surface area contributed by atoms with Crippen molar-refractivity contribution in [2.24, 2.45) is 0 Å². The predicted molar refractivity (Wildman–Crippen MR) is 76.9 cm³/mol. The molecule has 0 amide bonds. The summed E-state index contributed by atoms with van der Waals surface area (Å²) in [4.78, 5) is 23.9. The van der Waals surface area contributed by atoms with Gasteiger partial charge in [-0.2, -0.15) is 0 Å². The van der Waals surface area contributed by atoms with Gasteiger partial charge in [0.15, 0.2) is 5.43 Å². The molecule has 1 heterocycles. The maximum absolute atomic E-state index is 12.4. The summed E-state index contributed by atoms with van der Waals surface area (Å²) in [6, 6.07) is 12.9. The normalized spacial score (nSPS) is 10.9. The van der Waals surface area contributed by atoms with Crippen LogP contribution in [0.15, 0.2) is 47.3 Å². The first-order valence-corrected chi connectivity index (χ1v) is 6.63. The van der Waals surface area contributed by atoms with Crippen molar-refractivity contribution in [3.05, 3.63) is 57.6 Å². The van der Waals surface area contributed by atoms with Gasteiger partial charge in [-0.05, 0) is 17.5 Å². The molecule has 1 aromatic heterocycles. The Balaban J connectivity index is 2.36. The Kier molecular flexibility index (Phi) is 2.80. The molecule has 0 aliphatic rings. The molecule has 4 heteroatoms. The fourth-order valence-electron chi connectivity index (χ4n) is 2.15. The van der Waals surface area contributed by atoms with E-state index < -0.39 is 5.97 Å². The third-order valence-electron chi connectivity index (χ3n) is 3.00. The van der Waals surface area contributed by atoms with Crippen LogP contribution in [0.3, 0.4) is 0 Å². The van der Waals surface area contributed by atoms with Crippen molar-refractivity contribution in [1.82, 2.24) is 0 Å². The summed E-state index contributed by atoms with van der Waals surface area (Å²) in [7, 11) is 0. The highest BCUT2D eigenvalue weighted by molar-refractivity contribution is 7.19. The zero-order chi connectivity index (χ0) is 13.4. The Morgan fingerprint density at radius 2 is 1.89 bits per heavy atom. The monoisotopic (exact) mass is 270 g/mol. The van der Waals surface area contributed by atoms with Crippen LogP contribution in [0.2, 0.25) is 0 Å². The van der Waals surface area contributed by atoms with Crippen LogP contribution < -0.4 is 5.43 Å². The van der Waals surface area contributed by atoms with Crippen LogP contribution >= 0.6 is 11.3 Å². The van der Waals surface area contributed by atoms with E-state index in [4.69, 9.17) is 5.11 Å². The van der Waals surface area contributed by atoms with Crippen LogP contribution in [0.1, 0.15) is 4.88 Å². The number of aliphatic carboxylic acids is 1. The van der Waals surface area contributed by atoms with E-state index in [9.17, 15) is 9.59 Å². The van der Waals surface area contributed by atoms with Crippen LogP contribution in [-0.2, 0) is 11.2 Å². The number of rotatable bonds is 2. The molecule has 3 rings (SSSR count). The minimum absolute atomic E-state index is 0.0384. The molecule has 0 saturated carbocycles. The Labute approximate surface area is 112 Å². The largest absolute Gasteiger partial charge is 0.481 e. The smallest absolute Gasteiger partial charge is 0.308 e. The van der Waals surface area contributed by atoms with E-state index in [1.807, 2.05) is 30.3 Å². The summed E-state index contributed by atoms with van der Waals surface area (Å²) >= 11 is 1.36. The first kappa shape index (κ1) is 11.9. The van der Waals surface area contributed by atoms with Crippen molar-refractivity contribution in [2.45, 2.75) is 6.42 Å². The molecular formula is C15H10O3S. The van der Waals surface area contributed by atoms with Gasteiger partial charge in [0.05, 0.1) is 6.42 Å². The number of benzene rings is 1. The topological polar surface area (TPSA) is 54.4 Å². The van der Waals surface area contributed by atoms with Crippen molar-refractivity contribution in [3.8, 4) is 0 Å². The maximum Gasteiger partial charge on any atom is 0.308 e. The first-order valence-electron chi connectivity index (χ1n) is 5.81. The van der Waals surface area contributed by atoms with Crippen molar-refractivity contribution in [3.63, 3.8) is 0 Å². The summed E-state index contributed by atoms with van der Waals surface area (Å²) in [5, 5.41) is 11.0. The lowest BCUT2D eigenvalue weighted by molar-refractivity contribution is -0.136. The van der Waals surface area contributed by atoms with Gasteiger partial charge in [0, 0.05) is 20.3 Å². The number of hydrogen-bond donors (Lipinski definition) is 1. The highest BCUT2D eigenvalue weighted by Crippen LogP contribution is 2.24. The molecule has 0 radical (unpaired) electrons. The molecule has 0 saturated heterocycles. The van der Waals surface area contributed by atoms with Crippen molar-refractivity contribution in [2.75, 3.05) is 0 Å². The van der Waals surface area contributed by atoms with Gasteiger partial charge in [0.1, 0.15) is 0 Å². The summed E-state index contributed by atoms with van der Waals surface area (Å²) in [6.07, 6.45) is -0.0412. The second-order valence-electron chi connectivity index (χ2n) is 4.31. The Hall–Kier alpha value is -2.20. The lowest BCUT2D eigenvalue weighted by atomic mass is 10.2. The van der Waals surface area contributed by atoms with E-state index in [1.54, 1.807) is 12.1 Å². The fourth-order valence-corrected chi connectivity index (χ4v) is 3.21. The number of fused-ring (bicyclic) bond motifs is 2. The van der Waals surface area contributed by atoms with Crippen molar-refractivity contribution >= 4 is 38.2 Å². The highest BCUT2D eigenvalue weighted by Gasteiger charge is 2.09. The molecule has 0 bridgehead atoms. The third-order valence-corrected chi connectivity index (χ3v) is 4.10. The number of hydrogen-bond acceptors (Lipinski definition) is 3. The van der Waals surface area contributed by atoms with Gasteiger partial charge in [0.2, 0.25) is 0 Å². The van der Waals surface area contributed by atoms with Gasteiger partial charge in [-0.3, -0.25) is 9.59 Å². The standard InChI is InChI=1S/C15H10O3S/c16-14(17)8-10-7-12-13(19-10)6-5-9-3-1-2-4-11(9)15(12)18/h1-7H,8H2,(H,16,17). The minimum atomic E-state index is -0.881. The van der Waals surface area contributed by atoms with Gasteiger partial charge in [0.25, 0.3) is 0 Å². The average Bonchev–Trinajstić information content (AvgIpc) is 2.72. The quantitative estimate of drug-likeness (QED) is 0.778. The number of carbonyl (C=O) groups is 1. The molecule has 94 valence electrons. The van der Waals surface area contributed by atoms with Crippen LogP contribution in [0, 0.1) is 0 Å². The van der Waals surface area contributed by atoms with Crippen LogP contribution in [0.5, 0.6) is 0 Å². The SMILES string of the molecule is O=C(O)Cc1cc2c(=O)c3ccccc3ccc2s1. The van der Waals surface area contributed by atoms with Gasteiger partial charge >= 0.3 is 5.97 Å². The van der Waals surface area contributed by atoms with E-state index in [-0.39, 0.29) is 11.8 Å². The van der Waals surface area contributed by atoms with E-state index in [0.717, 1.165) is 10.1 Å². The number of carboxylic acids is 1. The third kappa shape index (κ3) is 2.11. The first-order chi connectivity index (χ1) is 9.15. The van der Waals surface area contributed by atoms with Gasteiger partial charge < -0.3 is 5.11 Å². The van der Waals surface area contributed by atoms with E-state index in [1.165, 1.54) is 11.3 Å². The second kappa shape index (κ2) is 4.48. The average molecular weight is 270 g/mol. The van der Waals surface area contributed by atoms with E-state index in [2.05, 4.69) is 0 Å². The second-order valence-corrected chi connectivity index (χ2v) is 5.48. The summed E-state index contributed by atoms with van der Waals surface area (Å²) in [6.45, 7) is 0. The van der Waals surface area contributed by atoms with Crippen LogP contribution in [-0.4, -0.2) is 11.1 Å². The Morgan fingerprint density at radius 1 is 1.11 bits per heavy atom. The van der Waals surface area contributed by atoms with Gasteiger partial charge in [-0.25, -0.2) is 0 Å². The molecule has 1 N–H and O–H groups in total. The molecule has 3 aromatic rings. The lowest BCUT2D eigenvalue weighted by Crippen LogP contribution is -1.98. The molecule has 3 nitrogen and oxygen atoms in total. The highest BCUT2D eigenvalue weighted by atomic mass is 32.1. The molecule has 0 fully saturated rings. The lowest BCUT2D eigenvalue weighted by Gasteiger charge is -1.89. The zero-order valence-electron chi connectivity index (χ0n) is 9.92. The fraction of sp³-hybridized carbons (Fsp3) is 0.0667. The Bertz CT molecular complexity index is 849. The summed E-state index contributed by atoms with van der Waals surface area (Å²) < 4.78 is 0.831. The molecule has 0 atom stereocenters. The van der Waals surface area contributed by atoms with Crippen molar-refractivity contribution in [1.29, 1.82) is 0 Å². The summed E-state index contributed by atoms with van der Waals surface area (Å²) in [5.74, 6) is -0.881. The van der Waals surface area contributed by atoms with E-state index >= 15 is 0 Å². The Morgan fingerprint density at radius 3 is 2.68 bits per heavy atom. The molecule has 0 unspecified atom stereocenters. The van der Waals surface area contributed by atoms with E-state index in [0.29, 0.717) is 15.6 Å². The van der Waals surface area contributed by atoms with Crippen LogP contribution in [0.4, 0.5) is 0 Å². The molecule has 0 aliphatic carbocycles. The molecular weight excluding hydrogens is 260 g/mol. The van der Waals surface area contributed by atoms with Crippen LogP contribution in [0.25, 0.3) is 20.9 Å². The zero-order valence-corrected chi connectivity index (χ0v) is 10.7.